The second-order valence-corrected chi connectivity index (χ2v) is 7.53. The monoisotopic (exact) mass is 283 g/mol. The van der Waals surface area contributed by atoms with Gasteiger partial charge in [-0.25, -0.2) is 0 Å². The maximum Gasteiger partial charge on any atom is 0.157 e. The summed E-state index contributed by atoms with van der Waals surface area (Å²) >= 11 is 1.87. The molecule has 3 rings (SSSR count). The molecule has 4 nitrogen and oxygen atoms in total. The lowest BCUT2D eigenvalue weighted by atomic mass is 10.2. The number of hydrogen-bond acceptors (Lipinski definition) is 4. The number of aliphatic imine (C=N–C) groups is 1. The van der Waals surface area contributed by atoms with Gasteiger partial charge in [-0.3, -0.25) is 9.89 Å². The third-order valence-corrected chi connectivity index (χ3v) is 5.33. The minimum atomic E-state index is 0.289. The molecule has 0 spiro atoms. The summed E-state index contributed by atoms with van der Waals surface area (Å²) in [4.78, 5) is 7.32. The smallest absolute Gasteiger partial charge is 0.157 e. The van der Waals surface area contributed by atoms with Crippen LogP contribution in [-0.2, 0) is 4.74 Å². The number of amidine groups is 1. The van der Waals surface area contributed by atoms with Gasteiger partial charge in [-0.2, -0.15) is 0 Å². The molecule has 0 aromatic heterocycles. The fourth-order valence-electron chi connectivity index (χ4n) is 3.30. The molecule has 0 aliphatic carbocycles. The highest BCUT2D eigenvalue weighted by molar-refractivity contribution is 8.14. The van der Waals surface area contributed by atoms with Crippen molar-refractivity contribution in [2.45, 2.75) is 56.5 Å². The second-order valence-electron chi connectivity index (χ2n) is 6.10. The van der Waals surface area contributed by atoms with Crippen LogP contribution in [0.3, 0.4) is 0 Å². The first-order valence-corrected chi connectivity index (χ1v) is 8.42. The number of nitrogens with one attached hydrogen (secondary N) is 1. The molecule has 3 heterocycles. The molecule has 4 unspecified atom stereocenters. The minimum absolute atomic E-state index is 0.289. The van der Waals surface area contributed by atoms with E-state index in [4.69, 9.17) is 9.73 Å². The van der Waals surface area contributed by atoms with Crippen molar-refractivity contribution in [1.29, 1.82) is 0 Å². The van der Waals surface area contributed by atoms with E-state index in [1.54, 1.807) is 0 Å². The number of ether oxygens (including phenoxy) is 1. The Morgan fingerprint density at radius 3 is 3.21 bits per heavy atom. The Bertz CT molecular complexity index is 338. The molecule has 5 heteroatoms. The van der Waals surface area contributed by atoms with Crippen molar-refractivity contribution >= 4 is 16.9 Å². The molecule has 0 aromatic rings. The fourth-order valence-corrected chi connectivity index (χ4v) is 4.49. The summed E-state index contributed by atoms with van der Waals surface area (Å²) in [6.45, 7) is 8.54. The lowest BCUT2D eigenvalue weighted by Gasteiger charge is -2.35. The third kappa shape index (κ3) is 3.44. The maximum absolute atomic E-state index is 5.95. The molecule has 0 aromatic carbocycles. The summed E-state index contributed by atoms with van der Waals surface area (Å²) in [5.41, 5.74) is 0. The van der Waals surface area contributed by atoms with Crippen molar-refractivity contribution in [3.8, 4) is 0 Å². The van der Waals surface area contributed by atoms with Crippen LogP contribution in [0.2, 0.25) is 0 Å². The molecule has 0 bridgehead atoms. The number of morpholine rings is 1. The van der Waals surface area contributed by atoms with Gasteiger partial charge in [-0.1, -0.05) is 18.7 Å². The van der Waals surface area contributed by atoms with E-state index in [9.17, 15) is 0 Å². The van der Waals surface area contributed by atoms with Gasteiger partial charge in [0.05, 0.1) is 19.3 Å². The molecule has 3 fully saturated rings. The van der Waals surface area contributed by atoms with E-state index in [1.807, 2.05) is 11.8 Å². The molecule has 108 valence electrons. The first-order valence-electron chi connectivity index (χ1n) is 7.54. The van der Waals surface area contributed by atoms with Gasteiger partial charge in [0, 0.05) is 23.9 Å². The van der Waals surface area contributed by atoms with Gasteiger partial charge >= 0.3 is 0 Å². The molecular weight excluding hydrogens is 258 g/mol. The Kier molecular flexibility index (Phi) is 4.34. The van der Waals surface area contributed by atoms with Gasteiger partial charge < -0.3 is 10.1 Å². The van der Waals surface area contributed by atoms with Crippen molar-refractivity contribution in [3.63, 3.8) is 0 Å². The molecule has 19 heavy (non-hydrogen) atoms. The van der Waals surface area contributed by atoms with Crippen LogP contribution in [0.4, 0.5) is 0 Å². The zero-order valence-corrected chi connectivity index (χ0v) is 12.8. The summed E-state index contributed by atoms with van der Waals surface area (Å²) in [7, 11) is 0. The summed E-state index contributed by atoms with van der Waals surface area (Å²) in [6, 6.07) is 1.23. The van der Waals surface area contributed by atoms with Crippen LogP contribution in [-0.4, -0.2) is 59.7 Å². The van der Waals surface area contributed by atoms with Gasteiger partial charge in [0.1, 0.15) is 0 Å². The Hall–Kier alpha value is -0.260. The van der Waals surface area contributed by atoms with Crippen LogP contribution in [0.25, 0.3) is 0 Å². The summed E-state index contributed by atoms with van der Waals surface area (Å²) in [5.74, 6) is 0. The van der Waals surface area contributed by atoms with Crippen LogP contribution in [0.5, 0.6) is 0 Å². The largest absolute Gasteiger partial charge is 0.373 e. The number of fused-ring (bicyclic) bond motifs is 1. The lowest BCUT2D eigenvalue weighted by molar-refractivity contribution is -0.0431. The molecule has 3 saturated heterocycles. The van der Waals surface area contributed by atoms with Gasteiger partial charge in [0.15, 0.2) is 5.17 Å². The summed E-state index contributed by atoms with van der Waals surface area (Å²) in [6.07, 6.45) is 4.16. The predicted octanol–water partition coefficient (Wildman–Crippen LogP) is 1.71. The van der Waals surface area contributed by atoms with Crippen LogP contribution >= 0.6 is 11.8 Å². The normalized spacial score (nSPS) is 42.1. The SMILES string of the molecule is CC1CC(C)SC(=NCC2CN3CCCC3CO2)N1. The van der Waals surface area contributed by atoms with Crippen molar-refractivity contribution in [1.82, 2.24) is 10.2 Å². The van der Waals surface area contributed by atoms with Gasteiger partial charge in [-0.05, 0) is 32.7 Å². The number of hydrogen-bond donors (Lipinski definition) is 1. The van der Waals surface area contributed by atoms with E-state index in [0.29, 0.717) is 17.3 Å². The Morgan fingerprint density at radius 2 is 2.37 bits per heavy atom. The van der Waals surface area contributed by atoms with Crippen LogP contribution in [0, 0.1) is 0 Å². The van der Waals surface area contributed by atoms with E-state index < -0.39 is 0 Å². The average Bonchev–Trinajstić information content (AvgIpc) is 2.82. The lowest BCUT2D eigenvalue weighted by Crippen LogP contribution is -2.47. The molecule has 1 N–H and O–H groups in total. The molecule has 4 atom stereocenters. The number of nitrogens with zero attached hydrogens (tertiary/aromatic N) is 2. The van der Waals surface area contributed by atoms with Crippen molar-refractivity contribution in [2.75, 3.05) is 26.2 Å². The van der Waals surface area contributed by atoms with Gasteiger partial charge in [0.25, 0.3) is 0 Å². The standard InChI is InChI=1S/C14H25N3OS/c1-10-6-11(2)19-14(16-10)15-7-13-8-17-5-3-4-12(17)9-18-13/h10-13H,3-9H2,1-2H3,(H,15,16). The maximum atomic E-state index is 5.95. The highest BCUT2D eigenvalue weighted by atomic mass is 32.2. The number of thioether (sulfide) groups is 1. The Morgan fingerprint density at radius 1 is 1.47 bits per heavy atom. The molecule has 0 amide bonds. The van der Waals surface area contributed by atoms with Gasteiger partial charge in [0.2, 0.25) is 0 Å². The van der Waals surface area contributed by atoms with Crippen molar-refractivity contribution in [2.24, 2.45) is 4.99 Å². The van der Waals surface area contributed by atoms with E-state index in [0.717, 1.165) is 24.9 Å². The van der Waals surface area contributed by atoms with Crippen molar-refractivity contribution < 1.29 is 4.74 Å². The highest BCUT2D eigenvalue weighted by Crippen LogP contribution is 2.24. The average molecular weight is 283 g/mol. The molecule has 0 saturated carbocycles. The first-order chi connectivity index (χ1) is 9.20. The molecular formula is C14H25N3OS. The van der Waals surface area contributed by atoms with E-state index >= 15 is 0 Å². The highest BCUT2D eigenvalue weighted by Gasteiger charge is 2.32. The second kappa shape index (κ2) is 6.02. The van der Waals surface area contributed by atoms with Crippen LogP contribution in [0.1, 0.15) is 33.1 Å². The van der Waals surface area contributed by atoms with E-state index in [1.165, 1.54) is 25.8 Å². The molecule has 3 aliphatic rings. The van der Waals surface area contributed by atoms with E-state index in [-0.39, 0.29) is 6.10 Å². The summed E-state index contributed by atoms with van der Waals surface area (Å²) < 4.78 is 5.95. The summed E-state index contributed by atoms with van der Waals surface area (Å²) in [5, 5.41) is 5.26. The van der Waals surface area contributed by atoms with Crippen molar-refractivity contribution in [3.05, 3.63) is 0 Å². The quantitative estimate of drug-likeness (QED) is 0.837. The number of rotatable bonds is 2. The zero-order chi connectivity index (χ0) is 13.2. The molecule has 0 radical (unpaired) electrons. The minimum Gasteiger partial charge on any atom is -0.373 e. The Labute approximate surface area is 120 Å². The Balaban J connectivity index is 1.51. The van der Waals surface area contributed by atoms with Gasteiger partial charge in [-0.15, -0.1) is 0 Å². The zero-order valence-electron chi connectivity index (χ0n) is 12.0. The third-order valence-electron chi connectivity index (χ3n) is 4.27. The topological polar surface area (TPSA) is 36.9 Å². The van der Waals surface area contributed by atoms with Crippen LogP contribution < -0.4 is 5.32 Å². The van der Waals surface area contributed by atoms with E-state index in [2.05, 4.69) is 24.1 Å². The first kappa shape index (κ1) is 13.7. The predicted molar refractivity (Wildman–Crippen MR) is 80.9 cm³/mol. The fraction of sp³-hybridized carbons (Fsp3) is 0.929. The molecule has 3 aliphatic heterocycles. The van der Waals surface area contributed by atoms with Crippen LogP contribution in [0.15, 0.2) is 4.99 Å².